The summed E-state index contributed by atoms with van der Waals surface area (Å²) >= 11 is 8.41. The van der Waals surface area contributed by atoms with Crippen molar-refractivity contribution in [3.8, 4) is 11.5 Å². The fourth-order valence-corrected chi connectivity index (χ4v) is 1.89. The molecule has 2 rings (SSSR count). The summed E-state index contributed by atoms with van der Waals surface area (Å²) in [5, 5.41) is 15.8. The molecule has 9 heteroatoms. The lowest BCUT2D eigenvalue weighted by molar-refractivity contribution is -0.192. The number of halogens is 3. The molecule has 0 aromatic heterocycles. The third-order valence-electron chi connectivity index (χ3n) is 2.59. The molecule has 2 aromatic carbocycles. The quantitative estimate of drug-likeness (QED) is 0.448. The third kappa shape index (κ3) is 11.5. The molecule has 0 heterocycles. The van der Waals surface area contributed by atoms with Gasteiger partial charge < -0.3 is 14.9 Å². The standard InChI is InChI=1S/C9H12OS2.C6H6O.C2HF3O2/c1-10-8-5-3-2-4-7(8)6-9(11)12;7-6-4-2-1-3-5-6;3-2(4,5)1(6)7/h2-5,9,11-12H,6H2,1H3;1-5,7H;(H,6,7). The topological polar surface area (TPSA) is 66.8 Å². The van der Waals surface area contributed by atoms with Crippen LogP contribution in [0.5, 0.6) is 11.5 Å². The van der Waals surface area contributed by atoms with Gasteiger partial charge in [0, 0.05) is 4.58 Å². The summed E-state index contributed by atoms with van der Waals surface area (Å²) < 4.78 is 37.0. The first-order chi connectivity index (χ1) is 12.1. The maximum Gasteiger partial charge on any atom is 0.490 e. The van der Waals surface area contributed by atoms with Crippen LogP contribution in [0.4, 0.5) is 13.2 Å². The number of ether oxygens (including phenoxy) is 1. The molecule has 0 atom stereocenters. The van der Waals surface area contributed by atoms with Crippen molar-refractivity contribution >= 4 is 31.2 Å². The Bertz CT molecular complexity index is 650. The first-order valence-corrected chi connectivity index (χ1v) is 8.13. The Morgan fingerprint density at radius 1 is 1.08 bits per heavy atom. The predicted octanol–water partition coefficient (Wildman–Crippen LogP) is 4.45. The second-order valence-corrected chi connectivity index (χ2v) is 6.29. The molecule has 0 saturated heterocycles. The summed E-state index contributed by atoms with van der Waals surface area (Å²) in [6.45, 7) is 0. The summed E-state index contributed by atoms with van der Waals surface area (Å²) in [7, 11) is 1.67. The van der Waals surface area contributed by atoms with Gasteiger partial charge in [0.1, 0.15) is 11.5 Å². The summed E-state index contributed by atoms with van der Waals surface area (Å²) in [6.07, 6.45) is -4.27. The smallest absolute Gasteiger partial charge is 0.490 e. The Hall–Kier alpha value is -2.00. The maximum absolute atomic E-state index is 10.6. The molecule has 2 N–H and O–H groups in total. The highest BCUT2D eigenvalue weighted by atomic mass is 32.2. The van der Waals surface area contributed by atoms with Crippen molar-refractivity contribution in [1.82, 2.24) is 0 Å². The second-order valence-electron chi connectivity index (χ2n) is 4.64. The Balaban J connectivity index is 0.000000385. The number of carboxylic acid groups (broad SMARTS) is 1. The molecule has 0 aliphatic heterocycles. The van der Waals surface area contributed by atoms with E-state index in [2.05, 4.69) is 25.3 Å². The largest absolute Gasteiger partial charge is 0.508 e. The molecule has 0 fully saturated rings. The van der Waals surface area contributed by atoms with E-state index in [0.717, 1.165) is 17.7 Å². The minimum absolute atomic E-state index is 0.0706. The number of benzene rings is 2. The van der Waals surface area contributed by atoms with Gasteiger partial charge in [0.05, 0.1) is 7.11 Å². The predicted molar refractivity (Wildman–Crippen MR) is 100 cm³/mol. The molecule has 0 spiro atoms. The van der Waals surface area contributed by atoms with E-state index < -0.39 is 12.1 Å². The zero-order chi connectivity index (χ0) is 20.2. The van der Waals surface area contributed by atoms with Crippen molar-refractivity contribution in [2.45, 2.75) is 17.2 Å². The van der Waals surface area contributed by atoms with E-state index in [0.29, 0.717) is 5.75 Å². The highest BCUT2D eigenvalue weighted by Crippen LogP contribution is 2.21. The van der Waals surface area contributed by atoms with Crippen LogP contribution in [-0.4, -0.2) is 34.1 Å². The maximum atomic E-state index is 10.6. The molecule has 0 saturated carbocycles. The van der Waals surface area contributed by atoms with Crippen LogP contribution in [0, 0.1) is 0 Å². The molecule has 4 nitrogen and oxygen atoms in total. The van der Waals surface area contributed by atoms with Crippen molar-refractivity contribution in [2.24, 2.45) is 0 Å². The molecular formula is C17H19F3O4S2. The van der Waals surface area contributed by atoms with Gasteiger partial charge in [0.15, 0.2) is 0 Å². The molecule has 0 aliphatic carbocycles. The van der Waals surface area contributed by atoms with E-state index >= 15 is 0 Å². The van der Waals surface area contributed by atoms with Gasteiger partial charge in [-0.05, 0) is 30.2 Å². The number of phenolic OH excluding ortho intramolecular Hbond substituents is 1. The van der Waals surface area contributed by atoms with Crippen LogP contribution in [0.3, 0.4) is 0 Å². The van der Waals surface area contributed by atoms with Crippen LogP contribution in [-0.2, 0) is 11.2 Å². The van der Waals surface area contributed by atoms with Crippen LogP contribution in [0.25, 0.3) is 0 Å². The first kappa shape index (κ1) is 24.0. The Morgan fingerprint density at radius 3 is 1.88 bits per heavy atom. The van der Waals surface area contributed by atoms with Gasteiger partial charge in [0.25, 0.3) is 0 Å². The number of aliphatic carboxylic acids is 1. The molecule has 0 aliphatic rings. The first-order valence-electron chi connectivity index (χ1n) is 7.10. The number of alkyl halides is 3. The van der Waals surface area contributed by atoms with Gasteiger partial charge >= 0.3 is 12.1 Å². The highest BCUT2D eigenvalue weighted by molar-refractivity contribution is 7.99. The number of rotatable bonds is 3. The van der Waals surface area contributed by atoms with Crippen molar-refractivity contribution in [3.63, 3.8) is 0 Å². The molecule has 0 bridgehead atoms. The average Bonchev–Trinajstić information content (AvgIpc) is 2.56. The van der Waals surface area contributed by atoms with E-state index in [1.807, 2.05) is 30.3 Å². The minimum atomic E-state index is -5.08. The van der Waals surface area contributed by atoms with Crippen LogP contribution < -0.4 is 4.74 Å². The molecule has 0 radical (unpaired) electrons. The lowest BCUT2D eigenvalue weighted by Crippen LogP contribution is -2.21. The van der Waals surface area contributed by atoms with Gasteiger partial charge in [-0.3, -0.25) is 0 Å². The number of carbonyl (C=O) groups is 1. The average molecular weight is 408 g/mol. The van der Waals surface area contributed by atoms with E-state index in [1.54, 1.807) is 31.4 Å². The normalized spacial score (nSPS) is 10.1. The fourth-order valence-electron chi connectivity index (χ4n) is 1.50. The van der Waals surface area contributed by atoms with Crippen molar-refractivity contribution in [1.29, 1.82) is 0 Å². The van der Waals surface area contributed by atoms with Gasteiger partial charge in [-0.15, -0.1) is 0 Å². The van der Waals surface area contributed by atoms with E-state index in [1.165, 1.54) is 0 Å². The summed E-state index contributed by atoms with van der Waals surface area (Å²) in [6, 6.07) is 16.6. The summed E-state index contributed by atoms with van der Waals surface area (Å²) in [5.41, 5.74) is 1.15. The zero-order valence-corrected chi connectivity index (χ0v) is 15.5. The van der Waals surface area contributed by atoms with Crippen LogP contribution in [0.2, 0.25) is 0 Å². The van der Waals surface area contributed by atoms with Crippen LogP contribution in [0.15, 0.2) is 54.6 Å². The van der Waals surface area contributed by atoms with Gasteiger partial charge in [-0.2, -0.15) is 38.4 Å². The Labute approximate surface area is 160 Å². The minimum Gasteiger partial charge on any atom is -0.508 e. The molecule has 144 valence electrons. The number of aromatic hydroxyl groups is 1. The number of phenols is 1. The Morgan fingerprint density at radius 2 is 1.54 bits per heavy atom. The molecule has 2 aromatic rings. The van der Waals surface area contributed by atoms with E-state index in [-0.39, 0.29) is 4.58 Å². The van der Waals surface area contributed by atoms with Crippen molar-refractivity contribution in [3.05, 3.63) is 60.2 Å². The van der Waals surface area contributed by atoms with Crippen LogP contribution in [0.1, 0.15) is 5.56 Å². The number of hydrogen-bond donors (Lipinski definition) is 4. The van der Waals surface area contributed by atoms with Gasteiger partial charge in [-0.1, -0.05) is 36.4 Å². The van der Waals surface area contributed by atoms with Crippen molar-refractivity contribution < 1.29 is 32.9 Å². The van der Waals surface area contributed by atoms with E-state index in [4.69, 9.17) is 19.7 Å². The molecule has 26 heavy (non-hydrogen) atoms. The number of methoxy groups -OCH3 is 1. The monoisotopic (exact) mass is 408 g/mol. The number of carboxylic acids is 1. The summed E-state index contributed by atoms with van der Waals surface area (Å²) in [4.78, 5) is 8.90. The molecular weight excluding hydrogens is 389 g/mol. The second kappa shape index (κ2) is 12.4. The summed E-state index contributed by atoms with van der Waals surface area (Å²) in [5.74, 6) is -1.53. The fraction of sp³-hybridized carbons (Fsp3) is 0.235. The lowest BCUT2D eigenvalue weighted by atomic mass is 10.1. The Kier molecular flexibility index (Phi) is 11.4. The molecule has 0 amide bonds. The number of hydrogen-bond acceptors (Lipinski definition) is 5. The molecule has 0 unspecified atom stereocenters. The van der Waals surface area contributed by atoms with Crippen LogP contribution >= 0.6 is 25.3 Å². The van der Waals surface area contributed by atoms with Crippen molar-refractivity contribution in [2.75, 3.05) is 7.11 Å². The third-order valence-corrected chi connectivity index (χ3v) is 2.96. The zero-order valence-electron chi connectivity index (χ0n) is 13.7. The lowest BCUT2D eigenvalue weighted by Gasteiger charge is -2.08. The SMILES string of the molecule is COc1ccccc1CC(S)S.O=C(O)C(F)(F)F.Oc1ccccc1. The van der Waals surface area contributed by atoms with E-state index in [9.17, 15) is 13.2 Å². The number of thiol groups is 2. The highest BCUT2D eigenvalue weighted by Gasteiger charge is 2.38. The van der Waals surface area contributed by atoms with Gasteiger partial charge in [-0.25, -0.2) is 4.79 Å². The number of para-hydroxylation sites is 2. The van der Waals surface area contributed by atoms with Gasteiger partial charge in [0.2, 0.25) is 0 Å².